The summed E-state index contributed by atoms with van der Waals surface area (Å²) >= 11 is 0. The molecule has 0 atom stereocenters. The maximum absolute atomic E-state index is 9.72. The van der Waals surface area contributed by atoms with Gasteiger partial charge in [-0.25, -0.2) is 4.98 Å². The Balaban J connectivity index is 2.34. The zero-order chi connectivity index (χ0) is 20.3. The Bertz CT molecular complexity index is 1050. The molecule has 3 aromatic rings. The highest BCUT2D eigenvalue weighted by atomic mass is 16.5. The summed E-state index contributed by atoms with van der Waals surface area (Å²) in [6, 6.07) is 15.4. The number of aromatic nitrogens is 1. The molecule has 0 aliphatic heterocycles. The Labute approximate surface area is 164 Å². The minimum Gasteiger partial charge on any atom is -0.496 e. The van der Waals surface area contributed by atoms with Crippen LogP contribution in [-0.4, -0.2) is 26.3 Å². The molecule has 0 saturated carbocycles. The highest BCUT2D eigenvalue weighted by Gasteiger charge is 2.21. The second-order valence-electron chi connectivity index (χ2n) is 6.20. The predicted octanol–water partition coefficient (Wildman–Crippen LogP) is 4.20. The second kappa shape index (κ2) is 7.89. The van der Waals surface area contributed by atoms with Crippen molar-refractivity contribution in [2.24, 2.45) is 0 Å². The van der Waals surface area contributed by atoms with Crippen molar-refractivity contribution in [3.8, 4) is 45.7 Å². The average molecular weight is 375 g/mol. The zero-order valence-electron chi connectivity index (χ0n) is 16.2. The van der Waals surface area contributed by atoms with Gasteiger partial charge in [-0.3, -0.25) is 0 Å². The third-order valence-electron chi connectivity index (χ3n) is 4.46. The minimum atomic E-state index is 0.149. The Kier molecular flexibility index (Phi) is 5.37. The van der Waals surface area contributed by atoms with E-state index in [0.717, 1.165) is 11.1 Å². The quantitative estimate of drug-likeness (QED) is 0.719. The molecule has 142 valence electrons. The third-order valence-corrected chi connectivity index (χ3v) is 4.46. The molecule has 28 heavy (non-hydrogen) atoms. The summed E-state index contributed by atoms with van der Waals surface area (Å²) in [4.78, 5) is 4.44. The van der Waals surface area contributed by atoms with Gasteiger partial charge in [-0.2, -0.15) is 5.26 Å². The van der Waals surface area contributed by atoms with E-state index >= 15 is 0 Å². The van der Waals surface area contributed by atoms with Crippen LogP contribution in [0.4, 0.5) is 5.82 Å². The van der Waals surface area contributed by atoms with Crippen molar-refractivity contribution in [1.29, 1.82) is 5.26 Å². The number of anilines is 1. The second-order valence-corrected chi connectivity index (χ2v) is 6.20. The van der Waals surface area contributed by atoms with Gasteiger partial charge in [0.25, 0.3) is 0 Å². The van der Waals surface area contributed by atoms with Gasteiger partial charge in [0, 0.05) is 23.3 Å². The fourth-order valence-corrected chi connectivity index (χ4v) is 3.10. The van der Waals surface area contributed by atoms with Crippen LogP contribution in [0.2, 0.25) is 0 Å². The molecule has 6 heteroatoms. The Morgan fingerprint density at radius 2 is 1.64 bits per heavy atom. The topological polar surface area (TPSA) is 90.4 Å². The summed E-state index contributed by atoms with van der Waals surface area (Å²) < 4.78 is 16.4. The standard InChI is InChI=1S/C22H21N3O3/c1-13-6-5-7-14(8-13)18-11-16(17(12-23)22(24)25-18)21-19(27-3)9-15(26-2)10-20(21)28-4/h5-11H,1-4H3,(H2,24,25). The third kappa shape index (κ3) is 3.42. The number of pyridine rings is 1. The van der Waals surface area contributed by atoms with Crippen molar-refractivity contribution in [3.05, 3.63) is 53.6 Å². The zero-order valence-corrected chi connectivity index (χ0v) is 16.2. The number of nitrogen functional groups attached to an aromatic ring is 1. The first-order valence-corrected chi connectivity index (χ1v) is 8.60. The fourth-order valence-electron chi connectivity index (χ4n) is 3.10. The van der Waals surface area contributed by atoms with Crippen LogP contribution in [0.15, 0.2) is 42.5 Å². The molecule has 0 radical (unpaired) electrons. The summed E-state index contributed by atoms with van der Waals surface area (Å²) in [6.45, 7) is 2.01. The van der Waals surface area contributed by atoms with Crippen LogP contribution in [0.3, 0.4) is 0 Å². The minimum absolute atomic E-state index is 0.149. The number of nitrogens with zero attached hydrogens (tertiary/aromatic N) is 2. The lowest BCUT2D eigenvalue weighted by atomic mass is 9.96. The van der Waals surface area contributed by atoms with E-state index in [9.17, 15) is 5.26 Å². The lowest BCUT2D eigenvalue weighted by Crippen LogP contribution is -2.02. The lowest BCUT2D eigenvalue weighted by molar-refractivity contribution is 0.377. The number of nitriles is 1. The smallest absolute Gasteiger partial charge is 0.142 e. The largest absolute Gasteiger partial charge is 0.496 e. The van der Waals surface area contributed by atoms with Crippen molar-refractivity contribution in [3.63, 3.8) is 0 Å². The van der Waals surface area contributed by atoms with Crippen LogP contribution in [0.5, 0.6) is 17.2 Å². The number of methoxy groups -OCH3 is 3. The molecule has 0 fully saturated rings. The van der Waals surface area contributed by atoms with E-state index in [2.05, 4.69) is 11.1 Å². The maximum atomic E-state index is 9.72. The Morgan fingerprint density at radius 1 is 0.964 bits per heavy atom. The molecule has 0 amide bonds. The van der Waals surface area contributed by atoms with E-state index in [0.29, 0.717) is 34.1 Å². The first-order chi connectivity index (χ1) is 13.5. The number of ether oxygens (including phenoxy) is 3. The maximum Gasteiger partial charge on any atom is 0.142 e. The highest BCUT2D eigenvalue weighted by Crippen LogP contribution is 2.44. The van der Waals surface area contributed by atoms with Gasteiger partial charge in [0.15, 0.2) is 0 Å². The molecule has 0 unspecified atom stereocenters. The van der Waals surface area contributed by atoms with Crippen LogP contribution in [0, 0.1) is 18.3 Å². The normalized spacial score (nSPS) is 10.2. The molecule has 0 aliphatic rings. The lowest BCUT2D eigenvalue weighted by Gasteiger charge is -2.17. The average Bonchev–Trinajstić information content (AvgIpc) is 2.72. The monoisotopic (exact) mass is 375 g/mol. The summed E-state index contributed by atoms with van der Waals surface area (Å²) in [6.07, 6.45) is 0. The van der Waals surface area contributed by atoms with Gasteiger partial charge in [-0.05, 0) is 19.1 Å². The van der Waals surface area contributed by atoms with E-state index in [1.165, 1.54) is 0 Å². The van der Waals surface area contributed by atoms with Crippen molar-refractivity contribution in [1.82, 2.24) is 4.98 Å². The Hall–Kier alpha value is -3.72. The summed E-state index contributed by atoms with van der Waals surface area (Å²) in [7, 11) is 4.67. The molecule has 0 bridgehead atoms. The van der Waals surface area contributed by atoms with E-state index in [-0.39, 0.29) is 11.4 Å². The molecular formula is C22H21N3O3. The van der Waals surface area contributed by atoms with Gasteiger partial charge in [0.1, 0.15) is 34.7 Å². The number of aryl methyl sites for hydroxylation is 1. The number of rotatable bonds is 5. The Morgan fingerprint density at radius 3 is 2.18 bits per heavy atom. The van der Waals surface area contributed by atoms with Gasteiger partial charge < -0.3 is 19.9 Å². The molecule has 0 saturated heterocycles. The van der Waals surface area contributed by atoms with Gasteiger partial charge in [-0.15, -0.1) is 0 Å². The van der Waals surface area contributed by atoms with Crippen molar-refractivity contribution in [2.75, 3.05) is 27.1 Å². The van der Waals surface area contributed by atoms with Crippen LogP contribution in [-0.2, 0) is 0 Å². The van der Waals surface area contributed by atoms with Gasteiger partial charge >= 0.3 is 0 Å². The molecule has 1 heterocycles. The molecule has 2 aromatic carbocycles. The first-order valence-electron chi connectivity index (χ1n) is 8.60. The number of hydrogen-bond acceptors (Lipinski definition) is 6. The first kappa shape index (κ1) is 19.1. The van der Waals surface area contributed by atoms with E-state index < -0.39 is 0 Å². The number of nitrogens with two attached hydrogens (primary N) is 1. The van der Waals surface area contributed by atoms with Crippen molar-refractivity contribution < 1.29 is 14.2 Å². The van der Waals surface area contributed by atoms with Crippen LogP contribution in [0.25, 0.3) is 22.4 Å². The number of hydrogen-bond donors (Lipinski definition) is 1. The van der Waals surface area contributed by atoms with E-state index in [4.69, 9.17) is 19.9 Å². The van der Waals surface area contributed by atoms with E-state index in [1.807, 2.05) is 37.3 Å². The van der Waals surface area contributed by atoms with Crippen molar-refractivity contribution >= 4 is 5.82 Å². The molecule has 2 N–H and O–H groups in total. The van der Waals surface area contributed by atoms with Gasteiger partial charge in [-0.1, -0.05) is 23.8 Å². The van der Waals surface area contributed by atoms with Gasteiger partial charge in [0.2, 0.25) is 0 Å². The van der Waals surface area contributed by atoms with Crippen molar-refractivity contribution in [2.45, 2.75) is 6.92 Å². The fraction of sp³-hybridized carbons (Fsp3) is 0.182. The highest BCUT2D eigenvalue weighted by molar-refractivity contribution is 5.87. The molecule has 6 nitrogen and oxygen atoms in total. The SMILES string of the molecule is COc1cc(OC)c(-c2cc(-c3cccc(C)c3)nc(N)c2C#N)c(OC)c1. The summed E-state index contributed by atoms with van der Waals surface area (Å²) in [5, 5.41) is 9.72. The molecule has 3 rings (SSSR count). The van der Waals surface area contributed by atoms with Crippen LogP contribution in [0.1, 0.15) is 11.1 Å². The van der Waals surface area contributed by atoms with E-state index in [1.54, 1.807) is 33.5 Å². The van der Waals surface area contributed by atoms with Gasteiger partial charge in [0.05, 0.1) is 32.6 Å². The molecule has 0 spiro atoms. The molecule has 1 aromatic heterocycles. The molecule has 0 aliphatic carbocycles. The molecular weight excluding hydrogens is 354 g/mol. The van der Waals surface area contributed by atoms with Crippen LogP contribution < -0.4 is 19.9 Å². The summed E-state index contributed by atoms with van der Waals surface area (Å²) in [5.74, 6) is 1.75. The number of benzene rings is 2. The summed E-state index contributed by atoms with van der Waals surface area (Å²) in [5.41, 5.74) is 10.3. The van der Waals surface area contributed by atoms with Crippen LogP contribution >= 0.6 is 0 Å². The predicted molar refractivity (Wildman–Crippen MR) is 109 cm³/mol.